The third-order valence-electron chi connectivity index (χ3n) is 4.81. The van der Waals surface area contributed by atoms with Gasteiger partial charge in [-0.25, -0.2) is 4.79 Å². The van der Waals surface area contributed by atoms with Crippen LogP contribution in [0.25, 0.3) is 0 Å². The first-order valence-corrected chi connectivity index (χ1v) is 9.85. The van der Waals surface area contributed by atoms with Gasteiger partial charge in [-0.3, -0.25) is 24.0 Å². The molecule has 1 aromatic heterocycles. The minimum atomic E-state index is -0.691. The lowest BCUT2D eigenvalue weighted by Crippen LogP contribution is -2.42. The number of aromatic nitrogens is 2. The zero-order valence-corrected chi connectivity index (χ0v) is 17.5. The maximum absolute atomic E-state index is 13.2. The highest BCUT2D eigenvalue weighted by Crippen LogP contribution is 2.21. The summed E-state index contributed by atoms with van der Waals surface area (Å²) < 4.78 is 6.41. The van der Waals surface area contributed by atoms with E-state index in [1.807, 2.05) is 19.1 Å². The number of methoxy groups -OCH3 is 1. The molecule has 0 spiro atoms. The van der Waals surface area contributed by atoms with Gasteiger partial charge in [-0.2, -0.15) is 0 Å². The molecule has 2 rings (SSSR count). The standard InChI is InChI=1S/C21H30N4O4/c1-5-6-11-25-18(22)17(19(26)23-21(25)28)24(12-13-29-4)20(27)16-9-7-15(8-10-16)14(2)3/h7-10,14H,5-6,11-13,22H2,1-4H3,(H,23,26,28). The van der Waals surface area contributed by atoms with Crippen LogP contribution in [0.15, 0.2) is 33.9 Å². The number of anilines is 2. The SMILES string of the molecule is CCCCn1c(N)c(N(CCOC)C(=O)c2ccc(C(C)C)cc2)c(=O)[nH]c1=O. The number of carbonyl (C=O) groups is 1. The molecule has 3 N–H and O–H groups in total. The van der Waals surface area contributed by atoms with Crippen molar-refractivity contribution in [3.05, 3.63) is 56.2 Å². The molecule has 0 fully saturated rings. The van der Waals surface area contributed by atoms with Gasteiger partial charge in [0.1, 0.15) is 5.82 Å². The fourth-order valence-electron chi connectivity index (χ4n) is 3.04. The number of nitrogens with zero attached hydrogens (tertiary/aromatic N) is 2. The second-order valence-corrected chi connectivity index (χ2v) is 7.22. The van der Waals surface area contributed by atoms with Crippen molar-refractivity contribution >= 4 is 17.4 Å². The number of nitrogen functional groups attached to an aromatic ring is 1. The number of hydrogen-bond acceptors (Lipinski definition) is 5. The fraction of sp³-hybridized carbons (Fsp3) is 0.476. The fourth-order valence-corrected chi connectivity index (χ4v) is 3.04. The van der Waals surface area contributed by atoms with Crippen molar-refractivity contribution in [3.63, 3.8) is 0 Å². The van der Waals surface area contributed by atoms with Crippen LogP contribution in [-0.2, 0) is 11.3 Å². The Morgan fingerprint density at radius 2 is 1.90 bits per heavy atom. The molecule has 0 bridgehead atoms. The molecule has 0 atom stereocenters. The number of aromatic amines is 1. The number of rotatable bonds is 9. The van der Waals surface area contributed by atoms with Gasteiger partial charge in [0.25, 0.3) is 11.5 Å². The van der Waals surface area contributed by atoms with Crippen LogP contribution in [0.1, 0.15) is 55.5 Å². The van der Waals surface area contributed by atoms with E-state index in [0.717, 1.165) is 18.4 Å². The molecule has 0 aliphatic heterocycles. The highest BCUT2D eigenvalue weighted by Gasteiger charge is 2.25. The van der Waals surface area contributed by atoms with Gasteiger partial charge in [0, 0.05) is 25.8 Å². The predicted octanol–water partition coefficient (Wildman–Crippen LogP) is 2.34. The quantitative estimate of drug-likeness (QED) is 0.669. The van der Waals surface area contributed by atoms with Crippen molar-refractivity contribution in [2.75, 3.05) is 30.9 Å². The molecule has 1 amide bonds. The summed E-state index contributed by atoms with van der Waals surface area (Å²) in [6.45, 7) is 6.83. The largest absolute Gasteiger partial charge is 0.383 e. The number of carbonyl (C=O) groups excluding carboxylic acids is 1. The number of nitrogens with two attached hydrogens (primary N) is 1. The van der Waals surface area contributed by atoms with Gasteiger partial charge in [-0.15, -0.1) is 0 Å². The maximum atomic E-state index is 13.2. The van der Waals surface area contributed by atoms with Crippen LogP contribution in [0.5, 0.6) is 0 Å². The van der Waals surface area contributed by atoms with E-state index in [9.17, 15) is 14.4 Å². The Bertz CT molecular complexity index is 945. The van der Waals surface area contributed by atoms with Crippen molar-refractivity contribution in [1.82, 2.24) is 9.55 Å². The highest BCUT2D eigenvalue weighted by atomic mass is 16.5. The lowest BCUT2D eigenvalue weighted by atomic mass is 10.0. The van der Waals surface area contributed by atoms with Gasteiger partial charge in [0.05, 0.1) is 6.61 Å². The van der Waals surface area contributed by atoms with E-state index in [1.54, 1.807) is 12.1 Å². The first-order chi connectivity index (χ1) is 13.8. The van der Waals surface area contributed by atoms with Gasteiger partial charge >= 0.3 is 5.69 Å². The summed E-state index contributed by atoms with van der Waals surface area (Å²) in [6.07, 6.45) is 1.58. The van der Waals surface area contributed by atoms with Crippen LogP contribution in [-0.4, -0.2) is 35.7 Å². The molecule has 1 heterocycles. The third-order valence-corrected chi connectivity index (χ3v) is 4.81. The Kier molecular flexibility index (Phi) is 7.78. The van der Waals surface area contributed by atoms with Crippen molar-refractivity contribution in [2.24, 2.45) is 0 Å². The Labute approximate surface area is 170 Å². The molecule has 0 aliphatic carbocycles. The molecule has 0 saturated heterocycles. The lowest BCUT2D eigenvalue weighted by molar-refractivity contribution is 0.0975. The number of benzene rings is 1. The summed E-state index contributed by atoms with van der Waals surface area (Å²) in [5, 5.41) is 0. The van der Waals surface area contributed by atoms with Gasteiger partial charge in [-0.1, -0.05) is 39.3 Å². The minimum absolute atomic E-state index is 0.0181. The van der Waals surface area contributed by atoms with Gasteiger partial charge in [-0.05, 0) is 30.0 Å². The Hall–Kier alpha value is -2.87. The average molecular weight is 402 g/mol. The van der Waals surface area contributed by atoms with E-state index < -0.39 is 11.2 Å². The minimum Gasteiger partial charge on any atom is -0.383 e. The molecule has 29 heavy (non-hydrogen) atoms. The van der Waals surface area contributed by atoms with E-state index in [1.165, 1.54) is 16.6 Å². The van der Waals surface area contributed by atoms with Crippen molar-refractivity contribution < 1.29 is 9.53 Å². The molecule has 1 aromatic carbocycles. The van der Waals surface area contributed by atoms with Crippen molar-refractivity contribution in [2.45, 2.75) is 46.1 Å². The smallest absolute Gasteiger partial charge is 0.330 e. The summed E-state index contributed by atoms with van der Waals surface area (Å²) in [4.78, 5) is 41.6. The predicted molar refractivity (Wildman–Crippen MR) is 115 cm³/mol. The van der Waals surface area contributed by atoms with Gasteiger partial charge in [0.2, 0.25) is 0 Å². The number of unbranched alkanes of at least 4 members (excludes halogenated alkanes) is 1. The Balaban J connectivity index is 2.53. The zero-order valence-electron chi connectivity index (χ0n) is 17.5. The van der Waals surface area contributed by atoms with Gasteiger partial charge < -0.3 is 10.5 Å². The molecular formula is C21H30N4O4. The number of hydrogen-bond donors (Lipinski definition) is 2. The normalized spacial score (nSPS) is 11.1. The van der Waals surface area contributed by atoms with E-state index in [2.05, 4.69) is 18.8 Å². The van der Waals surface area contributed by atoms with Gasteiger partial charge in [0.15, 0.2) is 5.69 Å². The Morgan fingerprint density at radius 3 is 2.45 bits per heavy atom. The van der Waals surface area contributed by atoms with Crippen molar-refractivity contribution in [1.29, 1.82) is 0 Å². The Morgan fingerprint density at radius 1 is 1.24 bits per heavy atom. The van der Waals surface area contributed by atoms with E-state index in [0.29, 0.717) is 18.0 Å². The second-order valence-electron chi connectivity index (χ2n) is 7.22. The van der Waals surface area contributed by atoms with E-state index >= 15 is 0 Å². The van der Waals surface area contributed by atoms with Crippen LogP contribution in [0, 0.1) is 0 Å². The number of H-pyrrole nitrogens is 1. The monoisotopic (exact) mass is 402 g/mol. The van der Waals surface area contributed by atoms with Crippen LogP contribution in [0.4, 0.5) is 11.5 Å². The highest BCUT2D eigenvalue weighted by molar-refractivity contribution is 6.07. The first kappa shape index (κ1) is 22.4. The molecule has 0 aliphatic rings. The molecule has 0 saturated carbocycles. The van der Waals surface area contributed by atoms with Crippen molar-refractivity contribution in [3.8, 4) is 0 Å². The second kappa shape index (κ2) is 10.1. The lowest BCUT2D eigenvalue weighted by Gasteiger charge is -2.24. The van der Waals surface area contributed by atoms with Crippen LogP contribution in [0.3, 0.4) is 0 Å². The zero-order chi connectivity index (χ0) is 21.6. The first-order valence-electron chi connectivity index (χ1n) is 9.85. The molecule has 8 heteroatoms. The summed E-state index contributed by atoms with van der Waals surface area (Å²) in [5.74, 6) is -0.0601. The molecule has 8 nitrogen and oxygen atoms in total. The molecule has 0 unspecified atom stereocenters. The topological polar surface area (TPSA) is 110 Å². The third kappa shape index (κ3) is 5.14. The molecule has 0 radical (unpaired) electrons. The summed E-state index contributed by atoms with van der Waals surface area (Å²) >= 11 is 0. The number of amides is 1. The number of nitrogens with one attached hydrogen (secondary N) is 1. The van der Waals surface area contributed by atoms with E-state index in [4.69, 9.17) is 10.5 Å². The summed E-state index contributed by atoms with van der Waals surface area (Å²) in [5.41, 5.74) is 6.42. The molecular weight excluding hydrogens is 372 g/mol. The molecule has 2 aromatic rings. The van der Waals surface area contributed by atoms with Crippen LogP contribution < -0.4 is 21.9 Å². The average Bonchev–Trinajstić information content (AvgIpc) is 2.69. The summed E-state index contributed by atoms with van der Waals surface area (Å²) in [6, 6.07) is 7.24. The van der Waals surface area contributed by atoms with Crippen LogP contribution in [0.2, 0.25) is 0 Å². The van der Waals surface area contributed by atoms with E-state index in [-0.39, 0.29) is 30.6 Å². The number of ether oxygens (including phenoxy) is 1. The molecule has 158 valence electrons. The van der Waals surface area contributed by atoms with Crippen LogP contribution >= 0.6 is 0 Å². The summed E-state index contributed by atoms with van der Waals surface area (Å²) in [7, 11) is 1.51. The maximum Gasteiger partial charge on any atom is 0.330 e.